The number of benzene rings is 6. The Balaban J connectivity index is 1.28. The fraction of sp³-hybridized carbons (Fsp3) is 0.0417. The van der Waals surface area contributed by atoms with E-state index < -0.39 is 9.84 Å². The summed E-state index contributed by atoms with van der Waals surface area (Å²) in [4.78, 5) is 5.27. The van der Waals surface area contributed by atoms with Crippen LogP contribution in [0.4, 0.5) is 0 Å². The number of fused-ring (bicyclic) bond motifs is 11. The summed E-state index contributed by atoms with van der Waals surface area (Å²) in [6.07, 6.45) is 8.26. The monoisotopic (exact) mass is 741 g/mol. The second-order valence-electron chi connectivity index (χ2n) is 14.2. The highest BCUT2D eigenvalue weighted by Gasteiger charge is 2.27. The van der Waals surface area contributed by atoms with Crippen molar-refractivity contribution in [3.63, 3.8) is 0 Å². The van der Waals surface area contributed by atoms with Crippen molar-refractivity contribution in [3.05, 3.63) is 175 Å². The lowest BCUT2D eigenvalue weighted by Crippen LogP contribution is -2.03. The maximum atomic E-state index is 13.9. The summed E-state index contributed by atoms with van der Waals surface area (Å²) in [5, 5.41) is 14.7. The number of hydrogen-bond acceptors (Lipinski definition) is 4. The van der Waals surface area contributed by atoms with Gasteiger partial charge in [-0.05, 0) is 110 Å². The molecule has 0 amide bonds. The highest BCUT2D eigenvalue weighted by atomic mass is 32.2. The lowest BCUT2D eigenvalue weighted by Gasteiger charge is -2.13. The number of nitriles is 1. The van der Waals surface area contributed by atoms with Crippen molar-refractivity contribution in [2.24, 2.45) is 0 Å². The number of aromatic nitrogens is 4. The Bertz CT molecular complexity index is 3410. The zero-order valence-corrected chi connectivity index (χ0v) is 30.8. The highest BCUT2D eigenvalue weighted by Crippen LogP contribution is 2.46. The van der Waals surface area contributed by atoms with Gasteiger partial charge in [-0.1, -0.05) is 60.7 Å². The maximum Gasteiger partial charge on any atom is 0.206 e. The molecule has 0 saturated carbocycles. The van der Waals surface area contributed by atoms with Gasteiger partial charge in [0.2, 0.25) is 9.84 Å². The van der Waals surface area contributed by atoms with E-state index in [0.29, 0.717) is 5.56 Å². The molecule has 7 nitrogen and oxygen atoms in total. The van der Waals surface area contributed by atoms with Crippen LogP contribution in [0, 0.1) is 11.3 Å². The summed E-state index contributed by atoms with van der Waals surface area (Å²) in [6, 6.07) is 49.3. The summed E-state index contributed by atoms with van der Waals surface area (Å²) >= 11 is 0. The predicted octanol–water partition coefficient (Wildman–Crippen LogP) is 10.9. The molecule has 11 rings (SSSR count). The molecule has 0 aliphatic heterocycles. The first-order valence-corrected chi connectivity index (χ1v) is 20.1. The van der Waals surface area contributed by atoms with Crippen LogP contribution in [0.1, 0.15) is 23.2 Å². The van der Waals surface area contributed by atoms with Gasteiger partial charge in [-0.25, -0.2) is 13.4 Å². The first kappa shape index (κ1) is 32.2. The van der Waals surface area contributed by atoms with Crippen molar-refractivity contribution in [1.29, 1.82) is 5.26 Å². The van der Waals surface area contributed by atoms with E-state index in [1.807, 2.05) is 42.6 Å². The second-order valence-corrected chi connectivity index (χ2v) is 16.1. The molecular formula is C48H31N5O2S. The van der Waals surface area contributed by atoms with Gasteiger partial charge in [-0.3, -0.25) is 4.57 Å². The number of rotatable bonds is 5. The highest BCUT2D eigenvalue weighted by molar-refractivity contribution is 7.91. The van der Waals surface area contributed by atoms with E-state index in [1.54, 1.807) is 12.1 Å². The van der Waals surface area contributed by atoms with Crippen LogP contribution in [0.3, 0.4) is 0 Å². The van der Waals surface area contributed by atoms with Crippen LogP contribution in [0.5, 0.6) is 0 Å². The van der Waals surface area contributed by atoms with Crippen LogP contribution in [0.2, 0.25) is 0 Å². The van der Waals surface area contributed by atoms with Gasteiger partial charge in [0.25, 0.3) is 0 Å². The molecule has 1 aliphatic carbocycles. The molecule has 0 radical (unpaired) electrons. The quantitative estimate of drug-likeness (QED) is 0.176. The molecule has 0 fully saturated rings. The number of hydrogen-bond donors (Lipinski definition) is 0. The van der Waals surface area contributed by atoms with Gasteiger partial charge in [-0.2, -0.15) is 5.26 Å². The van der Waals surface area contributed by atoms with Crippen LogP contribution >= 0.6 is 0 Å². The van der Waals surface area contributed by atoms with Crippen molar-refractivity contribution in [2.75, 3.05) is 0 Å². The zero-order chi connectivity index (χ0) is 37.5. The third-order valence-corrected chi connectivity index (χ3v) is 13.0. The molecule has 0 unspecified atom stereocenters. The Kier molecular flexibility index (Phi) is 7.00. The molecule has 0 N–H and O–H groups in total. The Morgan fingerprint density at radius 1 is 0.571 bits per heavy atom. The molecule has 10 aromatic rings. The van der Waals surface area contributed by atoms with Gasteiger partial charge in [-0.15, -0.1) is 0 Å². The van der Waals surface area contributed by atoms with Crippen molar-refractivity contribution >= 4 is 70.6 Å². The largest absolute Gasteiger partial charge is 0.313 e. The van der Waals surface area contributed by atoms with Gasteiger partial charge in [0, 0.05) is 61.4 Å². The van der Waals surface area contributed by atoms with Crippen LogP contribution in [0.15, 0.2) is 168 Å². The molecule has 56 heavy (non-hydrogen) atoms. The van der Waals surface area contributed by atoms with Crippen molar-refractivity contribution in [3.8, 4) is 23.1 Å². The van der Waals surface area contributed by atoms with Gasteiger partial charge in [0.05, 0.1) is 43.5 Å². The van der Waals surface area contributed by atoms with E-state index >= 15 is 0 Å². The molecule has 8 heteroatoms. The summed E-state index contributed by atoms with van der Waals surface area (Å²) < 4.78 is 34.7. The molecule has 1 aliphatic rings. The second kappa shape index (κ2) is 12.2. The predicted molar refractivity (Wildman–Crippen MR) is 224 cm³/mol. The topological polar surface area (TPSA) is 85.6 Å². The Labute approximate surface area is 322 Å². The van der Waals surface area contributed by atoms with E-state index in [9.17, 15) is 13.7 Å². The molecule has 0 atom stereocenters. The first-order valence-electron chi connectivity index (χ1n) is 18.6. The molecule has 0 spiro atoms. The summed E-state index contributed by atoms with van der Waals surface area (Å²) in [5.41, 5.74) is 11.0. The molecule has 0 bridgehead atoms. The summed E-state index contributed by atoms with van der Waals surface area (Å²) in [7, 11) is -3.84. The third kappa shape index (κ3) is 4.55. The van der Waals surface area contributed by atoms with Gasteiger partial charge < -0.3 is 9.13 Å². The fourth-order valence-corrected chi connectivity index (χ4v) is 10.1. The molecule has 0 saturated heterocycles. The van der Waals surface area contributed by atoms with Crippen molar-refractivity contribution < 1.29 is 8.42 Å². The Morgan fingerprint density at radius 3 is 1.82 bits per heavy atom. The van der Waals surface area contributed by atoms with Gasteiger partial charge >= 0.3 is 0 Å². The normalized spacial score (nSPS) is 12.9. The standard InChI is InChI=1S/C48H31N5O2S/c49-30-31-17-21-35(22-18-31)56(54,55)36-23-19-34(20-24-36)53-46-37(25-27-42-44(46)39-14-7-8-16-41(39)51(42)32-10-3-1-4-11-32)38-26-28-43-45(47(38)53)40-15-9-29-50-48(40)52(43)33-12-5-2-6-13-33/h1-7,9-15,17-29H,8,16H2. The first-order chi connectivity index (χ1) is 27.5. The van der Waals surface area contributed by atoms with Crippen LogP contribution in [0.25, 0.3) is 77.8 Å². The Morgan fingerprint density at radius 2 is 1.16 bits per heavy atom. The average molecular weight is 742 g/mol. The fourth-order valence-electron chi connectivity index (χ4n) is 8.81. The average Bonchev–Trinajstić information content (AvgIpc) is 3.90. The molecular weight excluding hydrogens is 711 g/mol. The number of pyridine rings is 1. The zero-order valence-electron chi connectivity index (χ0n) is 30.0. The van der Waals surface area contributed by atoms with Crippen LogP contribution in [-0.2, 0) is 16.3 Å². The maximum absolute atomic E-state index is 13.9. The third-order valence-electron chi connectivity index (χ3n) is 11.2. The van der Waals surface area contributed by atoms with E-state index in [2.05, 4.69) is 105 Å². The molecule has 266 valence electrons. The van der Waals surface area contributed by atoms with Gasteiger partial charge in [0.1, 0.15) is 5.65 Å². The van der Waals surface area contributed by atoms with E-state index in [1.165, 1.54) is 35.5 Å². The van der Waals surface area contributed by atoms with Crippen LogP contribution in [-0.4, -0.2) is 27.1 Å². The minimum absolute atomic E-state index is 0.145. The smallest absolute Gasteiger partial charge is 0.206 e. The minimum atomic E-state index is -3.84. The molecule has 4 aromatic heterocycles. The van der Waals surface area contributed by atoms with E-state index in [4.69, 9.17) is 4.98 Å². The summed E-state index contributed by atoms with van der Waals surface area (Å²) in [6.45, 7) is 0. The SMILES string of the molecule is N#Cc1ccc(S(=O)(=O)c2ccc(-n3c4c(ccc5c4c4c(n5-c5ccccc5)CCC=C4)c4ccc5c(c6cccnc6n5-c5ccccc5)c43)cc2)cc1. The van der Waals surface area contributed by atoms with Crippen LogP contribution < -0.4 is 0 Å². The van der Waals surface area contributed by atoms with Crippen molar-refractivity contribution in [2.45, 2.75) is 22.6 Å². The molecule has 6 aromatic carbocycles. The van der Waals surface area contributed by atoms with Crippen molar-refractivity contribution in [1.82, 2.24) is 18.7 Å². The van der Waals surface area contributed by atoms with Gasteiger partial charge in [0.15, 0.2) is 0 Å². The Hall–Kier alpha value is -7.21. The number of sulfone groups is 1. The van der Waals surface area contributed by atoms with E-state index in [0.717, 1.165) is 84.5 Å². The molecule has 4 heterocycles. The van der Waals surface area contributed by atoms with E-state index in [-0.39, 0.29) is 9.79 Å². The minimum Gasteiger partial charge on any atom is -0.313 e. The number of nitrogens with zero attached hydrogens (tertiary/aromatic N) is 5. The number of para-hydroxylation sites is 2. The summed E-state index contributed by atoms with van der Waals surface area (Å²) in [5.74, 6) is 0. The lowest BCUT2D eigenvalue weighted by atomic mass is 10.0. The lowest BCUT2D eigenvalue weighted by molar-refractivity contribution is 0.596. The number of allylic oxidation sites excluding steroid dienone is 1.